The van der Waals surface area contributed by atoms with Crippen molar-refractivity contribution in [2.75, 3.05) is 26.7 Å². The second-order valence-corrected chi connectivity index (χ2v) is 3.96. The molecule has 1 rings (SSSR count). The highest BCUT2D eigenvalue weighted by Crippen LogP contribution is 2.23. The van der Waals surface area contributed by atoms with Gasteiger partial charge in [0.15, 0.2) is 0 Å². The van der Waals surface area contributed by atoms with Crippen molar-refractivity contribution in [1.29, 1.82) is 0 Å². The van der Waals surface area contributed by atoms with Crippen molar-refractivity contribution < 1.29 is 5.11 Å². The Labute approximate surface area is 81.1 Å². The Morgan fingerprint density at radius 1 is 1.54 bits per heavy atom. The second-order valence-electron chi connectivity index (χ2n) is 3.96. The van der Waals surface area contributed by atoms with E-state index < -0.39 is 0 Å². The highest BCUT2D eigenvalue weighted by molar-refractivity contribution is 4.80. The average Bonchev–Trinajstić information content (AvgIpc) is 2.00. The van der Waals surface area contributed by atoms with E-state index in [4.69, 9.17) is 5.11 Å². The summed E-state index contributed by atoms with van der Waals surface area (Å²) in [7, 11) is 2.16. The van der Waals surface area contributed by atoms with Gasteiger partial charge in [0, 0.05) is 18.6 Å². The number of rotatable bonds is 6. The lowest BCUT2D eigenvalue weighted by Gasteiger charge is -2.36. The fourth-order valence-electron chi connectivity index (χ4n) is 1.80. The number of aliphatic hydroxyl groups excluding tert-OH is 1. The lowest BCUT2D eigenvalue weighted by Crippen LogP contribution is -2.47. The molecule has 1 saturated carbocycles. The summed E-state index contributed by atoms with van der Waals surface area (Å²) >= 11 is 0. The van der Waals surface area contributed by atoms with Crippen molar-refractivity contribution in [2.45, 2.75) is 38.3 Å². The van der Waals surface area contributed by atoms with Gasteiger partial charge in [-0.2, -0.15) is 0 Å². The van der Waals surface area contributed by atoms with E-state index in [9.17, 15) is 0 Å². The molecular weight excluding hydrogens is 164 g/mol. The van der Waals surface area contributed by atoms with E-state index in [1.807, 2.05) is 0 Å². The first-order chi connectivity index (χ1) is 6.27. The maximum Gasteiger partial charge on any atom is 0.0597 e. The summed E-state index contributed by atoms with van der Waals surface area (Å²) in [6.07, 6.45) is 4.04. The topological polar surface area (TPSA) is 35.5 Å². The number of nitrogens with zero attached hydrogens (tertiary/aromatic N) is 1. The van der Waals surface area contributed by atoms with Gasteiger partial charge in [0.1, 0.15) is 0 Å². The number of nitrogens with one attached hydrogen (secondary N) is 1. The summed E-state index contributed by atoms with van der Waals surface area (Å²) in [6.45, 7) is 4.22. The fraction of sp³-hybridized carbons (Fsp3) is 1.00. The normalized spacial score (nSPS) is 20.3. The molecule has 3 heteroatoms. The molecule has 78 valence electrons. The maximum atomic E-state index is 9.09. The minimum Gasteiger partial charge on any atom is -0.395 e. The SMILES string of the molecule is CCNC(CO)CN(C)C1CCC1. The molecule has 0 radical (unpaired) electrons. The van der Waals surface area contributed by atoms with Crippen LogP contribution >= 0.6 is 0 Å². The number of hydrogen-bond donors (Lipinski definition) is 2. The molecule has 1 aliphatic carbocycles. The molecule has 0 aromatic rings. The van der Waals surface area contributed by atoms with Crippen LogP contribution in [0.1, 0.15) is 26.2 Å². The minimum atomic E-state index is 0.241. The Hall–Kier alpha value is -0.120. The van der Waals surface area contributed by atoms with E-state index in [1.165, 1.54) is 19.3 Å². The molecule has 0 aromatic heterocycles. The van der Waals surface area contributed by atoms with Crippen molar-refractivity contribution in [1.82, 2.24) is 10.2 Å². The summed E-state index contributed by atoms with van der Waals surface area (Å²) in [5.41, 5.74) is 0. The van der Waals surface area contributed by atoms with E-state index in [0.29, 0.717) is 0 Å². The molecule has 0 bridgehead atoms. The highest BCUT2D eigenvalue weighted by atomic mass is 16.3. The zero-order chi connectivity index (χ0) is 9.68. The molecule has 3 nitrogen and oxygen atoms in total. The van der Waals surface area contributed by atoms with Gasteiger partial charge in [-0.3, -0.25) is 0 Å². The fourth-order valence-corrected chi connectivity index (χ4v) is 1.80. The third-order valence-corrected chi connectivity index (χ3v) is 2.92. The third-order valence-electron chi connectivity index (χ3n) is 2.92. The average molecular weight is 186 g/mol. The molecule has 0 heterocycles. The van der Waals surface area contributed by atoms with Crippen molar-refractivity contribution in [3.8, 4) is 0 Å². The van der Waals surface area contributed by atoms with Gasteiger partial charge in [-0.1, -0.05) is 13.3 Å². The molecule has 13 heavy (non-hydrogen) atoms. The zero-order valence-corrected chi connectivity index (χ0v) is 8.79. The first-order valence-corrected chi connectivity index (χ1v) is 5.32. The van der Waals surface area contributed by atoms with Crippen LogP contribution in [0.5, 0.6) is 0 Å². The lowest BCUT2D eigenvalue weighted by atomic mass is 9.91. The number of aliphatic hydroxyl groups is 1. The van der Waals surface area contributed by atoms with Crippen LogP contribution in [0.25, 0.3) is 0 Å². The Morgan fingerprint density at radius 2 is 2.23 bits per heavy atom. The van der Waals surface area contributed by atoms with Gasteiger partial charge in [0.05, 0.1) is 6.61 Å². The molecular formula is C10H22N2O. The molecule has 1 unspecified atom stereocenters. The molecule has 1 aliphatic rings. The summed E-state index contributed by atoms with van der Waals surface area (Å²) in [4.78, 5) is 2.37. The molecule has 0 saturated heterocycles. The number of likely N-dealkylation sites (N-methyl/N-ethyl adjacent to an activating group) is 2. The van der Waals surface area contributed by atoms with E-state index in [2.05, 4.69) is 24.2 Å². The summed E-state index contributed by atoms with van der Waals surface area (Å²) in [5, 5.41) is 12.4. The van der Waals surface area contributed by atoms with Crippen LogP contribution in [0.4, 0.5) is 0 Å². The van der Waals surface area contributed by atoms with Crippen LogP contribution in [0.2, 0.25) is 0 Å². The molecule has 0 aromatic carbocycles. The van der Waals surface area contributed by atoms with Crippen LogP contribution in [-0.2, 0) is 0 Å². The van der Waals surface area contributed by atoms with Gasteiger partial charge < -0.3 is 15.3 Å². The quantitative estimate of drug-likeness (QED) is 0.632. The first-order valence-electron chi connectivity index (χ1n) is 5.32. The molecule has 0 aliphatic heterocycles. The van der Waals surface area contributed by atoms with E-state index in [0.717, 1.165) is 19.1 Å². The molecule has 1 fully saturated rings. The van der Waals surface area contributed by atoms with Crippen molar-refractivity contribution >= 4 is 0 Å². The predicted octanol–water partition coefficient (Wildman–Crippen LogP) is 0.441. The van der Waals surface area contributed by atoms with Crippen molar-refractivity contribution in [3.05, 3.63) is 0 Å². The molecule has 1 atom stereocenters. The van der Waals surface area contributed by atoms with Crippen molar-refractivity contribution in [2.24, 2.45) is 0 Å². The Morgan fingerprint density at radius 3 is 2.62 bits per heavy atom. The van der Waals surface area contributed by atoms with Crippen LogP contribution < -0.4 is 5.32 Å². The lowest BCUT2D eigenvalue weighted by molar-refractivity contribution is 0.125. The third kappa shape index (κ3) is 3.25. The smallest absolute Gasteiger partial charge is 0.0597 e. The van der Waals surface area contributed by atoms with E-state index in [1.54, 1.807) is 0 Å². The number of hydrogen-bond acceptors (Lipinski definition) is 3. The Balaban J connectivity index is 2.18. The minimum absolute atomic E-state index is 0.241. The molecule has 0 spiro atoms. The van der Waals surface area contributed by atoms with Gasteiger partial charge >= 0.3 is 0 Å². The van der Waals surface area contributed by atoms with Gasteiger partial charge in [-0.25, -0.2) is 0 Å². The standard InChI is InChI=1S/C10H22N2O/c1-3-11-9(8-13)7-12(2)10-5-4-6-10/h9-11,13H,3-8H2,1-2H3. The van der Waals surface area contributed by atoms with E-state index in [-0.39, 0.29) is 12.6 Å². The van der Waals surface area contributed by atoms with Gasteiger partial charge in [-0.15, -0.1) is 0 Å². The maximum absolute atomic E-state index is 9.09. The largest absolute Gasteiger partial charge is 0.395 e. The highest BCUT2D eigenvalue weighted by Gasteiger charge is 2.23. The second kappa shape index (κ2) is 5.58. The molecule has 2 N–H and O–H groups in total. The van der Waals surface area contributed by atoms with Gasteiger partial charge in [-0.05, 0) is 26.4 Å². The van der Waals surface area contributed by atoms with E-state index >= 15 is 0 Å². The van der Waals surface area contributed by atoms with Gasteiger partial charge in [0.25, 0.3) is 0 Å². The zero-order valence-electron chi connectivity index (χ0n) is 8.79. The Bertz CT molecular complexity index is 137. The summed E-state index contributed by atoms with van der Waals surface area (Å²) in [6, 6.07) is 1.02. The van der Waals surface area contributed by atoms with Crippen LogP contribution in [0.15, 0.2) is 0 Å². The summed E-state index contributed by atoms with van der Waals surface area (Å²) < 4.78 is 0. The molecule has 0 amide bonds. The Kier molecular flexibility index (Phi) is 4.70. The summed E-state index contributed by atoms with van der Waals surface area (Å²) in [5.74, 6) is 0. The van der Waals surface area contributed by atoms with Crippen molar-refractivity contribution in [3.63, 3.8) is 0 Å². The van der Waals surface area contributed by atoms with Gasteiger partial charge in [0.2, 0.25) is 0 Å². The monoisotopic (exact) mass is 186 g/mol. The van der Waals surface area contributed by atoms with Crippen LogP contribution in [-0.4, -0.2) is 48.8 Å². The van der Waals surface area contributed by atoms with Crippen LogP contribution in [0, 0.1) is 0 Å². The first kappa shape index (κ1) is 11.0. The predicted molar refractivity (Wildman–Crippen MR) is 54.8 cm³/mol. The van der Waals surface area contributed by atoms with Crippen LogP contribution in [0.3, 0.4) is 0 Å².